The van der Waals surface area contributed by atoms with Gasteiger partial charge in [-0.15, -0.1) is 0 Å². The Labute approximate surface area is 120 Å². The molecule has 2 rings (SSSR count). The maximum Gasteiger partial charge on any atom is 0.124 e. The first-order valence-electron chi connectivity index (χ1n) is 6.73. The monoisotopic (exact) mass is 271 g/mol. The van der Waals surface area contributed by atoms with Crippen molar-refractivity contribution >= 4 is 0 Å². The zero-order valence-corrected chi connectivity index (χ0v) is 12.3. The molecule has 0 aliphatic heterocycles. The van der Waals surface area contributed by atoms with Crippen LogP contribution in [0.3, 0.4) is 0 Å². The molecular formula is C17H21NO2. The minimum Gasteiger partial charge on any atom is -0.497 e. The number of nitrogens with one attached hydrogen (secondary N) is 1. The number of rotatable bonds is 6. The molecule has 0 aromatic heterocycles. The van der Waals surface area contributed by atoms with E-state index in [2.05, 4.69) is 36.5 Å². The minimum atomic E-state index is 0.573. The Morgan fingerprint density at radius 3 is 2.45 bits per heavy atom. The lowest BCUT2D eigenvalue weighted by atomic mass is 10.1. The predicted octanol–water partition coefficient (Wildman–Crippen LogP) is 3.30. The van der Waals surface area contributed by atoms with Crippen LogP contribution >= 0.6 is 0 Å². The molecule has 0 aliphatic carbocycles. The van der Waals surface area contributed by atoms with Crippen molar-refractivity contribution in [2.45, 2.75) is 20.1 Å². The van der Waals surface area contributed by atoms with Crippen LogP contribution in [0.1, 0.15) is 16.7 Å². The van der Waals surface area contributed by atoms with E-state index in [-0.39, 0.29) is 0 Å². The number of hydrogen-bond acceptors (Lipinski definition) is 3. The van der Waals surface area contributed by atoms with E-state index in [1.54, 1.807) is 7.11 Å². The Morgan fingerprint density at radius 2 is 1.80 bits per heavy atom. The van der Waals surface area contributed by atoms with E-state index in [4.69, 9.17) is 9.47 Å². The van der Waals surface area contributed by atoms with Crippen molar-refractivity contribution in [2.24, 2.45) is 0 Å². The quantitative estimate of drug-likeness (QED) is 0.874. The van der Waals surface area contributed by atoms with Gasteiger partial charge in [0.05, 0.1) is 7.11 Å². The fourth-order valence-corrected chi connectivity index (χ4v) is 2.00. The molecule has 0 amide bonds. The summed E-state index contributed by atoms with van der Waals surface area (Å²) in [5.41, 5.74) is 3.52. The third-order valence-corrected chi connectivity index (χ3v) is 3.15. The summed E-state index contributed by atoms with van der Waals surface area (Å²) >= 11 is 0. The first kappa shape index (κ1) is 14.4. The van der Waals surface area contributed by atoms with Gasteiger partial charge in [0.1, 0.15) is 18.1 Å². The van der Waals surface area contributed by atoms with E-state index in [1.807, 2.05) is 25.2 Å². The van der Waals surface area contributed by atoms with Crippen molar-refractivity contribution in [3.8, 4) is 11.5 Å². The van der Waals surface area contributed by atoms with E-state index >= 15 is 0 Å². The topological polar surface area (TPSA) is 30.5 Å². The van der Waals surface area contributed by atoms with Crippen LogP contribution in [0.25, 0.3) is 0 Å². The standard InChI is InChI=1S/C17H21NO2/c1-13-4-6-14(7-5-13)12-20-17-9-8-16(19-3)10-15(17)11-18-2/h4-10,18H,11-12H2,1-3H3. The van der Waals surface area contributed by atoms with Gasteiger partial charge in [-0.05, 0) is 37.7 Å². The highest BCUT2D eigenvalue weighted by Crippen LogP contribution is 2.25. The third kappa shape index (κ3) is 3.75. The van der Waals surface area contributed by atoms with Gasteiger partial charge in [0.25, 0.3) is 0 Å². The van der Waals surface area contributed by atoms with Gasteiger partial charge >= 0.3 is 0 Å². The fraction of sp³-hybridized carbons (Fsp3) is 0.294. The van der Waals surface area contributed by atoms with Gasteiger partial charge in [-0.1, -0.05) is 29.8 Å². The Hall–Kier alpha value is -2.00. The number of methoxy groups -OCH3 is 1. The smallest absolute Gasteiger partial charge is 0.124 e. The highest BCUT2D eigenvalue weighted by atomic mass is 16.5. The lowest BCUT2D eigenvalue weighted by molar-refractivity contribution is 0.301. The van der Waals surface area contributed by atoms with Gasteiger partial charge in [0.15, 0.2) is 0 Å². The Bertz CT molecular complexity index is 549. The van der Waals surface area contributed by atoms with Crippen molar-refractivity contribution in [2.75, 3.05) is 14.2 Å². The number of hydrogen-bond donors (Lipinski definition) is 1. The van der Waals surface area contributed by atoms with Crippen molar-refractivity contribution in [1.29, 1.82) is 0 Å². The van der Waals surface area contributed by atoms with Crippen molar-refractivity contribution in [3.63, 3.8) is 0 Å². The van der Waals surface area contributed by atoms with Crippen molar-refractivity contribution < 1.29 is 9.47 Å². The summed E-state index contributed by atoms with van der Waals surface area (Å²) in [5.74, 6) is 1.73. The maximum atomic E-state index is 5.92. The Kier molecular flexibility index (Phi) is 5.02. The summed E-state index contributed by atoms with van der Waals surface area (Å²) < 4.78 is 11.2. The molecule has 3 nitrogen and oxygen atoms in total. The second-order valence-corrected chi connectivity index (χ2v) is 4.78. The lowest BCUT2D eigenvalue weighted by Gasteiger charge is -2.13. The van der Waals surface area contributed by atoms with Crippen LogP contribution in [-0.2, 0) is 13.2 Å². The minimum absolute atomic E-state index is 0.573. The van der Waals surface area contributed by atoms with Crippen LogP contribution in [0.5, 0.6) is 11.5 Å². The molecule has 0 atom stereocenters. The molecule has 0 spiro atoms. The fourth-order valence-electron chi connectivity index (χ4n) is 2.00. The molecule has 1 N–H and O–H groups in total. The molecule has 3 heteroatoms. The first-order chi connectivity index (χ1) is 9.72. The summed E-state index contributed by atoms with van der Waals surface area (Å²) in [6.45, 7) is 3.41. The predicted molar refractivity (Wildman–Crippen MR) is 81.3 cm³/mol. The van der Waals surface area contributed by atoms with Crippen molar-refractivity contribution in [1.82, 2.24) is 5.32 Å². The molecule has 0 aliphatic rings. The van der Waals surface area contributed by atoms with Crippen LogP contribution < -0.4 is 14.8 Å². The number of benzene rings is 2. The average Bonchev–Trinajstić information content (AvgIpc) is 2.48. The van der Waals surface area contributed by atoms with Crippen LogP contribution in [0.2, 0.25) is 0 Å². The molecule has 2 aromatic carbocycles. The van der Waals surface area contributed by atoms with Crippen LogP contribution in [0, 0.1) is 6.92 Å². The first-order valence-corrected chi connectivity index (χ1v) is 6.73. The summed E-state index contributed by atoms with van der Waals surface area (Å²) in [7, 11) is 3.59. The maximum absolute atomic E-state index is 5.92. The van der Waals surface area contributed by atoms with E-state index in [0.717, 1.165) is 23.6 Å². The SMILES string of the molecule is CNCc1cc(OC)ccc1OCc1ccc(C)cc1. The Balaban J connectivity index is 2.09. The van der Waals surface area contributed by atoms with Gasteiger partial charge in [-0.25, -0.2) is 0 Å². The molecule has 0 heterocycles. The molecule has 106 valence electrons. The normalized spacial score (nSPS) is 10.3. The lowest BCUT2D eigenvalue weighted by Crippen LogP contribution is -2.08. The van der Waals surface area contributed by atoms with Gasteiger partial charge in [-0.2, -0.15) is 0 Å². The summed E-state index contributed by atoms with van der Waals surface area (Å²) in [6.07, 6.45) is 0. The van der Waals surface area contributed by atoms with Gasteiger partial charge < -0.3 is 14.8 Å². The van der Waals surface area contributed by atoms with E-state index in [0.29, 0.717) is 6.61 Å². The average molecular weight is 271 g/mol. The molecule has 0 saturated carbocycles. The van der Waals surface area contributed by atoms with Crippen molar-refractivity contribution in [3.05, 3.63) is 59.2 Å². The zero-order valence-electron chi connectivity index (χ0n) is 12.3. The molecule has 0 saturated heterocycles. The molecule has 20 heavy (non-hydrogen) atoms. The summed E-state index contributed by atoms with van der Waals surface area (Å²) in [6, 6.07) is 14.3. The van der Waals surface area contributed by atoms with Gasteiger partial charge in [-0.3, -0.25) is 0 Å². The highest BCUT2D eigenvalue weighted by molar-refractivity contribution is 5.40. The molecule has 0 unspecified atom stereocenters. The number of aryl methyl sites for hydroxylation is 1. The van der Waals surface area contributed by atoms with E-state index < -0.39 is 0 Å². The second kappa shape index (κ2) is 6.96. The number of ether oxygens (including phenoxy) is 2. The zero-order chi connectivity index (χ0) is 14.4. The van der Waals surface area contributed by atoms with Gasteiger partial charge in [0.2, 0.25) is 0 Å². The highest BCUT2D eigenvalue weighted by Gasteiger charge is 2.05. The van der Waals surface area contributed by atoms with Crippen LogP contribution in [0.4, 0.5) is 0 Å². The largest absolute Gasteiger partial charge is 0.497 e. The van der Waals surface area contributed by atoms with E-state index in [9.17, 15) is 0 Å². The Morgan fingerprint density at radius 1 is 1.05 bits per heavy atom. The molecular weight excluding hydrogens is 250 g/mol. The van der Waals surface area contributed by atoms with Crippen LogP contribution in [0.15, 0.2) is 42.5 Å². The molecule has 0 radical (unpaired) electrons. The van der Waals surface area contributed by atoms with E-state index in [1.165, 1.54) is 11.1 Å². The van der Waals surface area contributed by atoms with Gasteiger partial charge in [0, 0.05) is 12.1 Å². The molecule has 2 aromatic rings. The summed E-state index contributed by atoms with van der Waals surface area (Å²) in [4.78, 5) is 0. The second-order valence-electron chi connectivity index (χ2n) is 4.78. The van der Waals surface area contributed by atoms with Crippen LogP contribution in [-0.4, -0.2) is 14.2 Å². The molecule has 0 fully saturated rings. The summed E-state index contributed by atoms with van der Waals surface area (Å²) in [5, 5.41) is 3.15. The third-order valence-electron chi connectivity index (χ3n) is 3.15. The molecule has 0 bridgehead atoms.